The highest BCUT2D eigenvalue weighted by atomic mass is 35.5. The fraction of sp³-hybridized carbons (Fsp3) is 0.211. The maximum atomic E-state index is 12.4. The van der Waals surface area contributed by atoms with E-state index in [1.165, 1.54) is 5.56 Å². The van der Waals surface area contributed by atoms with Gasteiger partial charge in [0.15, 0.2) is 5.69 Å². The smallest absolute Gasteiger partial charge is 0.273 e. The monoisotopic (exact) mass is 354 g/mol. The number of amides is 1. The molecule has 2 aromatic carbocycles. The van der Waals surface area contributed by atoms with Gasteiger partial charge in [-0.1, -0.05) is 59.3 Å². The van der Waals surface area contributed by atoms with Gasteiger partial charge in [0.2, 0.25) is 0 Å². The van der Waals surface area contributed by atoms with E-state index >= 15 is 0 Å². The van der Waals surface area contributed by atoms with Crippen LogP contribution >= 0.6 is 11.6 Å². The van der Waals surface area contributed by atoms with E-state index in [0.29, 0.717) is 11.6 Å². The van der Waals surface area contributed by atoms with E-state index in [1.807, 2.05) is 56.3 Å². The largest absolute Gasteiger partial charge is 0.344 e. The zero-order valence-corrected chi connectivity index (χ0v) is 14.9. The quantitative estimate of drug-likeness (QED) is 0.758. The van der Waals surface area contributed by atoms with Crippen LogP contribution in [-0.2, 0) is 6.54 Å². The summed E-state index contributed by atoms with van der Waals surface area (Å²) in [5, 5.41) is 11.6. The van der Waals surface area contributed by atoms with Crippen LogP contribution in [0, 0.1) is 6.92 Å². The fourth-order valence-electron chi connectivity index (χ4n) is 2.62. The molecule has 0 fully saturated rings. The predicted molar refractivity (Wildman–Crippen MR) is 97.6 cm³/mol. The van der Waals surface area contributed by atoms with Crippen LogP contribution in [-0.4, -0.2) is 20.9 Å². The number of nitrogens with zero attached hydrogens (tertiary/aromatic N) is 3. The summed E-state index contributed by atoms with van der Waals surface area (Å²) in [6.07, 6.45) is 1.65. The Balaban J connectivity index is 1.69. The second-order valence-corrected chi connectivity index (χ2v) is 6.35. The molecular formula is C19H19ClN4O. The Hall–Kier alpha value is -2.66. The highest BCUT2D eigenvalue weighted by Crippen LogP contribution is 2.22. The van der Waals surface area contributed by atoms with Crippen LogP contribution in [0.25, 0.3) is 0 Å². The number of carbonyl (C=O) groups is 1. The lowest BCUT2D eigenvalue weighted by molar-refractivity contribution is 0.0935. The zero-order chi connectivity index (χ0) is 17.8. The number of aromatic nitrogens is 3. The normalized spacial score (nSPS) is 12.0. The first-order valence-electron chi connectivity index (χ1n) is 8.04. The molecule has 0 saturated carbocycles. The van der Waals surface area contributed by atoms with Crippen molar-refractivity contribution in [1.29, 1.82) is 0 Å². The molecule has 1 heterocycles. The van der Waals surface area contributed by atoms with Gasteiger partial charge in [-0.25, -0.2) is 4.68 Å². The summed E-state index contributed by atoms with van der Waals surface area (Å²) in [7, 11) is 0. The van der Waals surface area contributed by atoms with Crippen LogP contribution < -0.4 is 5.32 Å². The van der Waals surface area contributed by atoms with Crippen molar-refractivity contribution in [3.63, 3.8) is 0 Å². The Morgan fingerprint density at radius 1 is 1.20 bits per heavy atom. The molecule has 1 unspecified atom stereocenters. The van der Waals surface area contributed by atoms with Crippen molar-refractivity contribution in [2.24, 2.45) is 0 Å². The van der Waals surface area contributed by atoms with Crippen molar-refractivity contribution in [2.75, 3.05) is 0 Å². The van der Waals surface area contributed by atoms with E-state index in [2.05, 4.69) is 15.6 Å². The summed E-state index contributed by atoms with van der Waals surface area (Å²) in [6.45, 7) is 4.51. The minimum Gasteiger partial charge on any atom is -0.344 e. The number of hydrogen-bond acceptors (Lipinski definition) is 3. The molecule has 0 aliphatic heterocycles. The third-order valence-corrected chi connectivity index (χ3v) is 4.43. The van der Waals surface area contributed by atoms with Gasteiger partial charge in [-0.3, -0.25) is 4.79 Å². The van der Waals surface area contributed by atoms with Crippen molar-refractivity contribution >= 4 is 17.5 Å². The Kier molecular flexibility index (Phi) is 5.14. The van der Waals surface area contributed by atoms with E-state index in [1.54, 1.807) is 16.9 Å². The van der Waals surface area contributed by atoms with E-state index < -0.39 is 0 Å². The molecule has 0 aliphatic rings. The lowest BCUT2D eigenvalue weighted by Crippen LogP contribution is -2.27. The van der Waals surface area contributed by atoms with Crippen LogP contribution in [0.2, 0.25) is 5.02 Å². The molecule has 0 aliphatic carbocycles. The molecule has 128 valence electrons. The van der Waals surface area contributed by atoms with Gasteiger partial charge in [0.1, 0.15) is 0 Å². The van der Waals surface area contributed by atoms with Crippen LogP contribution in [0.4, 0.5) is 0 Å². The van der Waals surface area contributed by atoms with Gasteiger partial charge in [-0.15, -0.1) is 5.10 Å². The Morgan fingerprint density at radius 3 is 2.68 bits per heavy atom. The van der Waals surface area contributed by atoms with Gasteiger partial charge < -0.3 is 5.32 Å². The Morgan fingerprint density at radius 2 is 1.92 bits per heavy atom. The molecule has 1 atom stereocenters. The van der Waals surface area contributed by atoms with Gasteiger partial charge in [0.25, 0.3) is 5.91 Å². The van der Waals surface area contributed by atoms with Crippen LogP contribution in [0.15, 0.2) is 54.7 Å². The first-order valence-corrected chi connectivity index (χ1v) is 8.42. The van der Waals surface area contributed by atoms with Crippen molar-refractivity contribution < 1.29 is 4.79 Å². The second kappa shape index (κ2) is 7.49. The molecule has 3 aromatic rings. The van der Waals surface area contributed by atoms with Crippen LogP contribution in [0.3, 0.4) is 0 Å². The second-order valence-electron chi connectivity index (χ2n) is 5.94. The van der Waals surface area contributed by atoms with Crippen LogP contribution in [0.5, 0.6) is 0 Å². The van der Waals surface area contributed by atoms with Gasteiger partial charge in [0.05, 0.1) is 18.8 Å². The summed E-state index contributed by atoms with van der Waals surface area (Å²) in [4.78, 5) is 12.4. The summed E-state index contributed by atoms with van der Waals surface area (Å²) in [5.41, 5.74) is 3.47. The molecule has 3 rings (SSSR count). The Labute approximate surface area is 151 Å². The first-order chi connectivity index (χ1) is 12.0. The molecule has 1 N–H and O–H groups in total. The first kappa shape index (κ1) is 17.2. The number of benzene rings is 2. The molecule has 6 heteroatoms. The standard InChI is InChI=1S/C19H19ClN4O/c1-13-7-3-4-8-15(13)11-24-12-18(22-23-24)19(25)21-14(2)16-9-5-6-10-17(16)20/h3-10,12,14H,11H2,1-2H3,(H,21,25). The third-order valence-electron chi connectivity index (χ3n) is 4.08. The molecule has 0 spiro atoms. The van der Waals surface area contributed by atoms with E-state index in [4.69, 9.17) is 11.6 Å². The number of hydrogen-bond donors (Lipinski definition) is 1. The van der Waals surface area contributed by atoms with Crippen molar-refractivity contribution in [1.82, 2.24) is 20.3 Å². The molecule has 0 bridgehead atoms. The lowest BCUT2D eigenvalue weighted by atomic mass is 10.1. The summed E-state index contributed by atoms with van der Waals surface area (Å²) in [6, 6.07) is 15.3. The maximum Gasteiger partial charge on any atom is 0.273 e. The average Bonchev–Trinajstić information content (AvgIpc) is 3.06. The zero-order valence-electron chi connectivity index (χ0n) is 14.1. The molecule has 1 aromatic heterocycles. The van der Waals surface area contributed by atoms with Crippen molar-refractivity contribution in [3.05, 3.63) is 82.1 Å². The van der Waals surface area contributed by atoms with E-state index in [-0.39, 0.29) is 17.6 Å². The molecular weight excluding hydrogens is 336 g/mol. The number of nitrogens with one attached hydrogen (secondary N) is 1. The minimum absolute atomic E-state index is 0.220. The molecule has 5 nitrogen and oxygen atoms in total. The van der Waals surface area contributed by atoms with Gasteiger partial charge in [-0.05, 0) is 36.6 Å². The van der Waals surface area contributed by atoms with Crippen molar-refractivity contribution in [3.8, 4) is 0 Å². The minimum atomic E-state index is -0.275. The number of rotatable bonds is 5. The fourth-order valence-corrected chi connectivity index (χ4v) is 2.92. The molecule has 0 saturated heterocycles. The molecule has 0 radical (unpaired) electrons. The third kappa shape index (κ3) is 4.06. The van der Waals surface area contributed by atoms with Crippen molar-refractivity contribution in [2.45, 2.75) is 26.4 Å². The number of halogens is 1. The summed E-state index contributed by atoms with van der Waals surface area (Å²) < 4.78 is 1.66. The molecule has 1 amide bonds. The summed E-state index contributed by atoms with van der Waals surface area (Å²) >= 11 is 6.17. The van der Waals surface area contributed by atoms with E-state index in [0.717, 1.165) is 11.1 Å². The topological polar surface area (TPSA) is 59.8 Å². The predicted octanol–water partition coefficient (Wildman–Crippen LogP) is 3.78. The highest BCUT2D eigenvalue weighted by Gasteiger charge is 2.16. The SMILES string of the molecule is Cc1ccccc1Cn1cc(C(=O)NC(C)c2ccccc2Cl)nn1. The maximum absolute atomic E-state index is 12.4. The van der Waals surface area contributed by atoms with E-state index in [9.17, 15) is 4.79 Å². The summed E-state index contributed by atoms with van der Waals surface area (Å²) in [5.74, 6) is -0.275. The molecule has 25 heavy (non-hydrogen) atoms. The average molecular weight is 355 g/mol. The van der Waals surface area contributed by atoms with Gasteiger partial charge in [0, 0.05) is 5.02 Å². The highest BCUT2D eigenvalue weighted by molar-refractivity contribution is 6.31. The number of aryl methyl sites for hydroxylation is 1. The van der Waals surface area contributed by atoms with Gasteiger partial charge in [-0.2, -0.15) is 0 Å². The van der Waals surface area contributed by atoms with Crippen LogP contribution in [0.1, 0.15) is 40.1 Å². The lowest BCUT2D eigenvalue weighted by Gasteiger charge is -2.14. The Bertz CT molecular complexity index is 890. The number of carbonyl (C=O) groups excluding carboxylic acids is 1. The van der Waals surface area contributed by atoms with Gasteiger partial charge >= 0.3 is 0 Å².